The van der Waals surface area contributed by atoms with Gasteiger partial charge in [-0.15, -0.1) is 0 Å². The molecule has 0 saturated carbocycles. The van der Waals surface area contributed by atoms with Gasteiger partial charge < -0.3 is 19.3 Å². The Morgan fingerprint density at radius 1 is 1.04 bits per heavy atom. The first kappa shape index (κ1) is 18.0. The van der Waals surface area contributed by atoms with Crippen LogP contribution in [-0.2, 0) is 27.4 Å². The van der Waals surface area contributed by atoms with Crippen molar-refractivity contribution in [1.29, 1.82) is 0 Å². The molecule has 2 aromatic carbocycles. The SMILES string of the molecule is O=C(OCc1ccccc1)N1CC(OCc2ccccc2)[C@H]2OC[C@H](O)C21. The van der Waals surface area contributed by atoms with E-state index in [1.807, 2.05) is 60.7 Å². The number of amides is 1. The highest BCUT2D eigenvalue weighted by atomic mass is 16.6. The molecule has 1 N–H and O–H groups in total. The molecule has 4 atom stereocenters. The third-order valence-corrected chi connectivity index (χ3v) is 5.04. The van der Waals surface area contributed by atoms with Crippen molar-refractivity contribution < 1.29 is 24.1 Å². The van der Waals surface area contributed by atoms with Crippen LogP contribution in [-0.4, -0.2) is 53.6 Å². The van der Waals surface area contributed by atoms with Crippen LogP contribution in [0.4, 0.5) is 4.79 Å². The van der Waals surface area contributed by atoms with Gasteiger partial charge in [0, 0.05) is 0 Å². The number of likely N-dealkylation sites (tertiary alicyclic amines) is 1. The summed E-state index contributed by atoms with van der Waals surface area (Å²) in [5, 5.41) is 10.3. The molecule has 2 fully saturated rings. The average Bonchev–Trinajstić information content (AvgIpc) is 3.27. The Morgan fingerprint density at radius 2 is 1.67 bits per heavy atom. The van der Waals surface area contributed by atoms with Gasteiger partial charge >= 0.3 is 6.09 Å². The van der Waals surface area contributed by atoms with Crippen LogP contribution >= 0.6 is 0 Å². The molecule has 142 valence electrons. The molecule has 2 heterocycles. The van der Waals surface area contributed by atoms with Crippen LogP contribution in [0.1, 0.15) is 11.1 Å². The number of carbonyl (C=O) groups is 1. The third kappa shape index (κ3) is 3.98. The molecule has 2 saturated heterocycles. The van der Waals surface area contributed by atoms with Gasteiger partial charge in [0.15, 0.2) is 0 Å². The van der Waals surface area contributed by atoms with E-state index in [2.05, 4.69) is 0 Å². The van der Waals surface area contributed by atoms with E-state index in [-0.39, 0.29) is 25.4 Å². The van der Waals surface area contributed by atoms with E-state index in [1.54, 1.807) is 4.90 Å². The van der Waals surface area contributed by atoms with Crippen molar-refractivity contribution in [3.63, 3.8) is 0 Å². The minimum absolute atomic E-state index is 0.194. The Morgan fingerprint density at radius 3 is 2.33 bits per heavy atom. The number of nitrogens with zero attached hydrogens (tertiary/aromatic N) is 1. The molecule has 1 amide bonds. The first-order chi connectivity index (χ1) is 13.2. The summed E-state index contributed by atoms with van der Waals surface area (Å²) >= 11 is 0. The van der Waals surface area contributed by atoms with E-state index in [0.29, 0.717) is 13.2 Å². The second-order valence-corrected chi connectivity index (χ2v) is 6.88. The number of rotatable bonds is 5. The smallest absolute Gasteiger partial charge is 0.410 e. The van der Waals surface area contributed by atoms with Gasteiger partial charge in [0.2, 0.25) is 0 Å². The quantitative estimate of drug-likeness (QED) is 0.876. The maximum Gasteiger partial charge on any atom is 0.410 e. The highest BCUT2D eigenvalue weighted by Gasteiger charge is 2.53. The minimum Gasteiger partial charge on any atom is -0.445 e. The number of carbonyl (C=O) groups excluding carboxylic acids is 1. The van der Waals surface area contributed by atoms with Gasteiger partial charge in [-0.25, -0.2) is 4.79 Å². The molecule has 2 aromatic rings. The standard InChI is InChI=1S/C21H23NO5/c23-17-14-26-20-18(25-12-15-7-3-1-4-8-15)11-22(19(17)20)21(24)27-13-16-9-5-2-6-10-16/h1-10,17-20,23H,11-14H2/t17-,18?,19?,20+/m0/s1. The monoisotopic (exact) mass is 369 g/mol. The van der Waals surface area contributed by atoms with Gasteiger partial charge in [0.05, 0.1) is 25.8 Å². The molecule has 0 bridgehead atoms. The van der Waals surface area contributed by atoms with Crippen LogP contribution < -0.4 is 0 Å². The van der Waals surface area contributed by atoms with Crippen LogP contribution in [0, 0.1) is 0 Å². The lowest BCUT2D eigenvalue weighted by Crippen LogP contribution is -2.44. The van der Waals surface area contributed by atoms with Crippen molar-refractivity contribution in [3.8, 4) is 0 Å². The van der Waals surface area contributed by atoms with Gasteiger partial charge in [0.25, 0.3) is 0 Å². The van der Waals surface area contributed by atoms with Crippen LogP contribution in [0.3, 0.4) is 0 Å². The number of aliphatic hydroxyl groups excluding tert-OH is 1. The van der Waals surface area contributed by atoms with Gasteiger partial charge in [0.1, 0.15) is 24.9 Å². The number of fused-ring (bicyclic) bond motifs is 1. The highest BCUT2D eigenvalue weighted by Crippen LogP contribution is 2.32. The van der Waals surface area contributed by atoms with Crippen LogP contribution in [0.25, 0.3) is 0 Å². The van der Waals surface area contributed by atoms with E-state index in [0.717, 1.165) is 11.1 Å². The summed E-state index contributed by atoms with van der Waals surface area (Å²) in [5.74, 6) is 0. The summed E-state index contributed by atoms with van der Waals surface area (Å²) in [4.78, 5) is 14.2. The van der Waals surface area contributed by atoms with E-state index < -0.39 is 18.2 Å². The molecular formula is C21H23NO5. The van der Waals surface area contributed by atoms with Crippen molar-refractivity contribution in [2.45, 2.75) is 37.6 Å². The second kappa shape index (κ2) is 8.08. The van der Waals surface area contributed by atoms with Gasteiger partial charge in [-0.3, -0.25) is 4.90 Å². The van der Waals surface area contributed by atoms with E-state index >= 15 is 0 Å². The van der Waals surface area contributed by atoms with Crippen LogP contribution in [0.5, 0.6) is 0 Å². The van der Waals surface area contributed by atoms with E-state index in [4.69, 9.17) is 14.2 Å². The fourth-order valence-corrected chi connectivity index (χ4v) is 3.68. The zero-order valence-electron chi connectivity index (χ0n) is 14.9. The largest absolute Gasteiger partial charge is 0.445 e. The third-order valence-electron chi connectivity index (χ3n) is 5.04. The molecule has 27 heavy (non-hydrogen) atoms. The molecule has 2 aliphatic rings. The Hall–Kier alpha value is -2.41. The Kier molecular flexibility index (Phi) is 5.38. The number of hydrogen-bond acceptors (Lipinski definition) is 5. The average molecular weight is 369 g/mol. The molecule has 2 aliphatic heterocycles. The lowest BCUT2D eigenvalue weighted by molar-refractivity contribution is -0.0397. The molecule has 0 aromatic heterocycles. The zero-order chi connectivity index (χ0) is 18.6. The van der Waals surface area contributed by atoms with Gasteiger partial charge in [-0.2, -0.15) is 0 Å². The minimum atomic E-state index is -0.732. The molecule has 4 rings (SSSR count). The maximum atomic E-state index is 12.6. The fourth-order valence-electron chi connectivity index (χ4n) is 3.68. The Labute approximate surface area is 158 Å². The lowest BCUT2D eigenvalue weighted by Gasteiger charge is -2.24. The van der Waals surface area contributed by atoms with Crippen molar-refractivity contribution in [2.24, 2.45) is 0 Å². The number of aliphatic hydroxyl groups is 1. The highest BCUT2D eigenvalue weighted by molar-refractivity contribution is 5.69. The van der Waals surface area contributed by atoms with Crippen molar-refractivity contribution in [2.75, 3.05) is 13.2 Å². The molecule has 0 aliphatic carbocycles. The number of benzene rings is 2. The molecule has 2 unspecified atom stereocenters. The second-order valence-electron chi connectivity index (χ2n) is 6.88. The fraction of sp³-hybridized carbons (Fsp3) is 0.381. The first-order valence-corrected chi connectivity index (χ1v) is 9.15. The topological polar surface area (TPSA) is 68.2 Å². The normalized spacial score (nSPS) is 26.8. The van der Waals surface area contributed by atoms with Crippen LogP contribution in [0.2, 0.25) is 0 Å². The van der Waals surface area contributed by atoms with E-state index in [9.17, 15) is 9.90 Å². The summed E-state index contributed by atoms with van der Waals surface area (Å²) in [6.07, 6.45) is -1.82. The predicted molar refractivity (Wildman–Crippen MR) is 97.9 cm³/mol. The summed E-state index contributed by atoms with van der Waals surface area (Å²) in [7, 11) is 0. The summed E-state index contributed by atoms with van der Waals surface area (Å²) in [6, 6.07) is 18.9. The molecular weight excluding hydrogens is 346 g/mol. The summed E-state index contributed by atoms with van der Waals surface area (Å²) < 4.78 is 17.2. The van der Waals surface area contributed by atoms with E-state index in [1.165, 1.54) is 0 Å². The predicted octanol–water partition coefficient (Wildman–Crippen LogP) is 2.35. The molecule has 6 nitrogen and oxygen atoms in total. The first-order valence-electron chi connectivity index (χ1n) is 9.15. The Bertz CT molecular complexity index is 754. The number of ether oxygens (including phenoxy) is 3. The van der Waals surface area contributed by atoms with Crippen LogP contribution in [0.15, 0.2) is 60.7 Å². The number of hydrogen-bond donors (Lipinski definition) is 1. The van der Waals surface area contributed by atoms with Crippen molar-refractivity contribution in [3.05, 3.63) is 71.8 Å². The van der Waals surface area contributed by atoms with Crippen molar-refractivity contribution in [1.82, 2.24) is 4.90 Å². The molecule has 6 heteroatoms. The maximum absolute atomic E-state index is 12.6. The van der Waals surface area contributed by atoms with Crippen molar-refractivity contribution >= 4 is 6.09 Å². The van der Waals surface area contributed by atoms with Gasteiger partial charge in [-0.1, -0.05) is 60.7 Å². The Balaban J connectivity index is 1.39. The summed E-state index contributed by atoms with van der Waals surface area (Å²) in [6.45, 7) is 1.16. The molecule has 0 spiro atoms. The zero-order valence-corrected chi connectivity index (χ0v) is 14.9. The van der Waals surface area contributed by atoms with Gasteiger partial charge in [-0.05, 0) is 11.1 Å². The lowest BCUT2D eigenvalue weighted by atomic mass is 10.1. The summed E-state index contributed by atoms with van der Waals surface area (Å²) in [5.41, 5.74) is 1.97. The molecule has 0 radical (unpaired) electrons.